The van der Waals surface area contributed by atoms with Crippen LogP contribution in [0.5, 0.6) is 11.5 Å². The first-order chi connectivity index (χ1) is 15.6. The number of para-hydroxylation sites is 2. The molecule has 1 saturated heterocycles. The number of hydrogen-bond acceptors (Lipinski definition) is 7. The molecule has 0 aliphatic carbocycles. The summed E-state index contributed by atoms with van der Waals surface area (Å²) in [6.07, 6.45) is -0.872. The smallest absolute Gasteiger partial charge is 0.273 e. The normalized spacial score (nSPS) is 18.6. The summed E-state index contributed by atoms with van der Waals surface area (Å²) in [5, 5.41) is 0.296. The second kappa shape index (κ2) is 8.97. The molecule has 2 aromatic carbocycles. The number of thiazole rings is 1. The second-order valence-electron chi connectivity index (χ2n) is 7.54. The monoisotopic (exact) mass is 461 g/mol. The van der Waals surface area contributed by atoms with Gasteiger partial charge in [-0.1, -0.05) is 23.5 Å². The summed E-state index contributed by atoms with van der Waals surface area (Å²) in [6, 6.07) is 9.16. The van der Waals surface area contributed by atoms with E-state index in [1.165, 1.54) is 11.0 Å². The molecule has 0 N–H and O–H groups in total. The average Bonchev–Trinajstić information content (AvgIpc) is 3.23. The van der Waals surface area contributed by atoms with Crippen molar-refractivity contribution in [3.8, 4) is 11.5 Å². The number of nitrogens with zero attached hydrogens (tertiary/aromatic N) is 3. The van der Waals surface area contributed by atoms with Gasteiger partial charge < -0.3 is 14.2 Å². The third-order valence-electron chi connectivity index (χ3n) is 5.43. The molecule has 2 aliphatic rings. The highest BCUT2D eigenvalue weighted by atomic mass is 32.1. The van der Waals surface area contributed by atoms with Crippen LogP contribution in [0.15, 0.2) is 36.4 Å². The first-order valence-electron chi connectivity index (χ1n) is 10.3. The minimum atomic E-state index is -0.872. The van der Waals surface area contributed by atoms with Gasteiger partial charge in [-0.05, 0) is 18.2 Å². The molecule has 0 saturated carbocycles. The Morgan fingerprint density at radius 3 is 2.78 bits per heavy atom. The standard InChI is InChI=1S/C22H21F2N3O4S/c23-14-11-15(24)20-19(12-14)32-22(25-20)27(6-5-26-7-9-29-10-8-26)21(28)18-13-30-16-3-1-2-4-17(16)31-18/h1-4,11-12,18H,5-10,13H2. The average molecular weight is 461 g/mol. The Balaban J connectivity index is 1.43. The molecule has 168 valence electrons. The fraction of sp³-hybridized carbons (Fsp3) is 0.364. The molecular formula is C22H21F2N3O4S. The van der Waals surface area contributed by atoms with Crippen LogP contribution in [0.25, 0.3) is 10.2 Å². The third kappa shape index (κ3) is 4.25. The molecule has 3 heterocycles. The van der Waals surface area contributed by atoms with Crippen LogP contribution in [0.4, 0.5) is 13.9 Å². The van der Waals surface area contributed by atoms with E-state index >= 15 is 0 Å². The quantitative estimate of drug-likeness (QED) is 0.582. The van der Waals surface area contributed by atoms with Gasteiger partial charge in [-0.3, -0.25) is 14.6 Å². The maximum absolute atomic E-state index is 14.3. The Morgan fingerprint density at radius 2 is 1.97 bits per heavy atom. The summed E-state index contributed by atoms with van der Waals surface area (Å²) in [6.45, 7) is 3.76. The lowest BCUT2D eigenvalue weighted by atomic mass is 10.2. The molecule has 1 amide bonds. The van der Waals surface area contributed by atoms with Crippen LogP contribution >= 0.6 is 11.3 Å². The molecule has 0 bridgehead atoms. The van der Waals surface area contributed by atoms with Crippen LogP contribution in [0.2, 0.25) is 0 Å². The Morgan fingerprint density at radius 1 is 1.19 bits per heavy atom. The third-order valence-corrected chi connectivity index (χ3v) is 6.45. The van der Waals surface area contributed by atoms with Gasteiger partial charge in [0.25, 0.3) is 5.91 Å². The van der Waals surface area contributed by atoms with Gasteiger partial charge in [0.05, 0.1) is 17.9 Å². The zero-order valence-electron chi connectivity index (χ0n) is 17.1. The lowest BCUT2D eigenvalue weighted by Gasteiger charge is -2.32. The molecule has 1 unspecified atom stereocenters. The minimum absolute atomic E-state index is 0.0433. The molecule has 2 aliphatic heterocycles. The summed E-state index contributed by atoms with van der Waals surface area (Å²) in [5.74, 6) is -0.712. The first-order valence-corrected chi connectivity index (χ1v) is 11.2. The van der Waals surface area contributed by atoms with E-state index in [2.05, 4.69) is 9.88 Å². The topological polar surface area (TPSA) is 64.1 Å². The number of rotatable bonds is 5. The van der Waals surface area contributed by atoms with Crippen LogP contribution < -0.4 is 14.4 Å². The van der Waals surface area contributed by atoms with Crippen molar-refractivity contribution in [1.82, 2.24) is 9.88 Å². The zero-order chi connectivity index (χ0) is 22.1. The first kappa shape index (κ1) is 21.0. The predicted octanol–water partition coefficient (Wildman–Crippen LogP) is 3.08. The molecule has 5 rings (SSSR count). The maximum Gasteiger partial charge on any atom is 0.273 e. The number of carbonyl (C=O) groups is 1. The van der Waals surface area contributed by atoms with Crippen molar-refractivity contribution in [3.05, 3.63) is 48.0 Å². The Kier molecular flexibility index (Phi) is 5.90. The Labute approximate surface area is 187 Å². The van der Waals surface area contributed by atoms with E-state index in [1.54, 1.807) is 18.2 Å². The molecule has 1 atom stereocenters. The number of benzene rings is 2. The van der Waals surface area contributed by atoms with E-state index in [0.717, 1.165) is 30.5 Å². The molecule has 0 radical (unpaired) electrons. The Hall–Kier alpha value is -2.82. The number of anilines is 1. The molecule has 1 aromatic heterocycles. The van der Waals surface area contributed by atoms with Crippen molar-refractivity contribution in [3.63, 3.8) is 0 Å². The number of aromatic nitrogens is 1. The SMILES string of the molecule is O=C(C1COc2ccccc2O1)N(CCN1CCOCC1)c1nc2c(F)cc(F)cc2s1. The highest BCUT2D eigenvalue weighted by Crippen LogP contribution is 2.34. The van der Waals surface area contributed by atoms with Crippen molar-refractivity contribution in [2.24, 2.45) is 0 Å². The summed E-state index contributed by atoms with van der Waals surface area (Å²) in [5.41, 5.74) is 0.0433. The molecule has 7 nitrogen and oxygen atoms in total. The van der Waals surface area contributed by atoms with E-state index in [1.807, 2.05) is 6.07 Å². The molecule has 3 aromatic rings. The van der Waals surface area contributed by atoms with Gasteiger partial charge in [0.15, 0.2) is 22.4 Å². The van der Waals surface area contributed by atoms with Gasteiger partial charge in [-0.2, -0.15) is 0 Å². The van der Waals surface area contributed by atoms with Crippen LogP contribution in [-0.4, -0.2) is 67.9 Å². The van der Waals surface area contributed by atoms with E-state index in [0.29, 0.717) is 47.6 Å². The van der Waals surface area contributed by atoms with E-state index < -0.39 is 17.7 Å². The maximum atomic E-state index is 14.3. The van der Waals surface area contributed by atoms with E-state index in [4.69, 9.17) is 14.2 Å². The number of carbonyl (C=O) groups excluding carboxylic acids is 1. The minimum Gasteiger partial charge on any atom is -0.485 e. The number of morpholine rings is 1. The van der Waals surface area contributed by atoms with Gasteiger partial charge in [0.2, 0.25) is 6.10 Å². The van der Waals surface area contributed by atoms with Crippen LogP contribution in [0.1, 0.15) is 0 Å². The van der Waals surface area contributed by atoms with Crippen LogP contribution in [0, 0.1) is 11.6 Å². The second-order valence-corrected chi connectivity index (χ2v) is 8.55. The van der Waals surface area contributed by atoms with Gasteiger partial charge in [-0.15, -0.1) is 0 Å². The molecule has 1 fully saturated rings. The van der Waals surface area contributed by atoms with Crippen molar-refractivity contribution in [2.75, 3.05) is 50.9 Å². The fourth-order valence-electron chi connectivity index (χ4n) is 3.74. The van der Waals surface area contributed by atoms with Crippen LogP contribution in [-0.2, 0) is 9.53 Å². The van der Waals surface area contributed by atoms with Crippen molar-refractivity contribution in [2.45, 2.75) is 6.10 Å². The fourth-order valence-corrected chi connectivity index (χ4v) is 4.78. The van der Waals surface area contributed by atoms with E-state index in [-0.39, 0.29) is 18.0 Å². The van der Waals surface area contributed by atoms with Crippen molar-refractivity contribution in [1.29, 1.82) is 0 Å². The van der Waals surface area contributed by atoms with Gasteiger partial charge >= 0.3 is 0 Å². The predicted molar refractivity (Wildman–Crippen MR) is 116 cm³/mol. The molecule has 10 heteroatoms. The number of amides is 1. The number of hydrogen-bond donors (Lipinski definition) is 0. The Bertz CT molecular complexity index is 1140. The van der Waals surface area contributed by atoms with Crippen molar-refractivity contribution < 1.29 is 27.8 Å². The molecular weight excluding hydrogens is 440 g/mol. The summed E-state index contributed by atoms with van der Waals surface area (Å²) in [7, 11) is 0. The lowest BCUT2D eigenvalue weighted by molar-refractivity contribution is -0.127. The van der Waals surface area contributed by atoms with Crippen molar-refractivity contribution >= 4 is 32.6 Å². The summed E-state index contributed by atoms with van der Waals surface area (Å²) >= 11 is 1.07. The van der Waals surface area contributed by atoms with Gasteiger partial charge in [0, 0.05) is 32.2 Å². The molecule has 32 heavy (non-hydrogen) atoms. The van der Waals surface area contributed by atoms with E-state index in [9.17, 15) is 13.6 Å². The largest absolute Gasteiger partial charge is 0.485 e. The lowest BCUT2D eigenvalue weighted by Crippen LogP contribution is -2.49. The number of fused-ring (bicyclic) bond motifs is 2. The highest BCUT2D eigenvalue weighted by molar-refractivity contribution is 7.22. The van der Waals surface area contributed by atoms with Gasteiger partial charge in [0.1, 0.15) is 17.9 Å². The summed E-state index contributed by atoms with van der Waals surface area (Å²) in [4.78, 5) is 21.5. The van der Waals surface area contributed by atoms with Gasteiger partial charge in [-0.25, -0.2) is 13.8 Å². The van der Waals surface area contributed by atoms with Crippen LogP contribution in [0.3, 0.4) is 0 Å². The number of halogens is 2. The summed E-state index contributed by atoms with van der Waals surface area (Å²) < 4.78 is 45.3. The highest BCUT2D eigenvalue weighted by Gasteiger charge is 2.33. The zero-order valence-corrected chi connectivity index (χ0v) is 17.9. The number of ether oxygens (including phenoxy) is 3. The molecule has 0 spiro atoms.